The zero-order valence-electron chi connectivity index (χ0n) is 14.6. The van der Waals surface area contributed by atoms with Gasteiger partial charge in [0.15, 0.2) is 0 Å². The van der Waals surface area contributed by atoms with Crippen LogP contribution in [0.4, 0.5) is 22.0 Å². The van der Waals surface area contributed by atoms with Gasteiger partial charge >= 0.3 is 18.9 Å². The minimum absolute atomic E-state index is 0.0112. The molecule has 6 nitrogen and oxygen atoms in total. The van der Waals surface area contributed by atoms with Crippen molar-refractivity contribution in [2.24, 2.45) is 5.92 Å². The topological polar surface area (TPSA) is 74.1 Å². The van der Waals surface area contributed by atoms with Gasteiger partial charge in [-0.3, -0.25) is 9.67 Å². The molecule has 0 saturated heterocycles. The molecular formula is C16H15ClF5N3O3. The van der Waals surface area contributed by atoms with Gasteiger partial charge < -0.3 is 4.74 Å². The van der Waals surface area contributed by atoms with Gasteiger partial charge in [0.05, 0.1) is 28.4 Å². The lowest BCUT2D eigenvalue weighted by Crippen LogP contribution is -2.22. The first-order valence-corrected chi connectivity index (χ1v) is 8.14. The van der Waals surface area contributed by atoms with Crippen LogP contribution in [0.3, 0.4) is 0 Å². The zero-order chi connectivity index (χ0) is 21.5. The summed E-state index contributed by atoms with van der Waals surface area (Å²) < 4.78 is 69.5. The van der Waals surface area contributed by atoms with Crippen molar-refractivity contribution >= 4 is 17.8 Å². The molecule has 12 heteroatoms. The van der Waals surface area contributed by atoms with Crippen molar-refractivity contribution in [2.45, 2.75) is 39.6 Å². The third-order valence-corrected chi connectivity index (χ3v) is 3.84. The fourth-order valence-electron chi connectivity index (χ4n) is 2.26. The van der Waals surface area contributed by atoms with Gasteiger partial charge in [0.25, 0.3) is 0 Å². The maximum Gasteiger partial charge on any atom is 0.391 e. The largest absolute Gasteiger partial charge is 0.434 e. The summed E-state index contributed by atoms with van der Waals surface area (Å²) in [6.07, 6.45) is -2.10. The molecule has 154 valence electrons. The van der Waals surface area contributed by atoms with E-state index in [9.17, 15) is 22.0 Å². The van der Waals surface area contributed by atoms with Crippen molar-refractivity contribution in [3.8, 4) is 17.0 Å². The highest BCUT2D eigenvalue weighted by molar-refractivity contribution is 6.33. The van der Waals surface area contributed by atoms with Gasteiger partial charge in [-0.15, -0.1) is 0 Å². The molecule has 0 amide bonds. The van der Waals surface area contributed by atoms with Crippen LogP contribution in [0, 0.1) is 5.92 Å². The second kappa shape index (κ2) is 10.1. The fourth-order valence-corrected chi connectivity index (χ4v) is 2.50. The normalized spacial score (nSPS) is 12.2. The number of aromatic nitrogens is 3. The molecule has 2 rings (SSSR count). The van der Waals surface area contributed by atoms with E-state index in [1.165, 1.54) is 17.1 Å². The third-order valence-electron chi connectivity index (χ3n) is 3.56. The Bertz CT molecular complexity index is 820. The van der Waals surface area contributed by atoms with Crippen LogP contribution in [0.1, 0.15) is 19.5 Å². The van der Waals surface area contributed by atoms with Gasteiger partial charge in [-0.2, -0.15) is 36.6 Å². The smallest absolute Gasteiger partial charge is 0.391 e. The lowest BCUT2D eigenvalue weighted by molar-refractivity contribution is -0.191. The van der Waals surface area contributed by atoms with Crippen LogP contribution in [-0.2, 0) is 22.6 Å². The SMILES string of the molecule is CCn1ncc(Cl)c1-c1cnc(C[C@H](C)C(F)(F)F)cc1OC(F)F.O=C=O. The van der Waals surface area contributed by atoms with Crippen molar-refractivity contribution in [1.29, 1.82) is 0 Å². The lowest BCUT2D eigenvalue weighted by Gasteiger charge is -2.17. The van der Waals surface area contributed by atoms with Crippen molar-refractivity contribution in [3.63, 3.8) is 0 Å². The first kappa shape index (κ1) is 23.5. The van der Waals surface area contributed by atoms with Crippen LogP contribution in [0.2, 0.25) is 5.02 Å². The Morgan fingerprint density at radius 1 is 1.29 bits per heavy atom. The summed E-state index contributed by atoms with van der Waals surface area (Å²) >= 11 is 6.05. The van der Waals surface area contributed by atoms with E-state index in [-0.39, 0.29) is 28.2 Å². The number of halogens is 6. The monoisotopic (exact) mass is 427 g/mol. The molecule has 0 saturated carbocycles. The number of pyridine rings is 1. The maximum atomic E-state index is 12.7. The molecule has 0 aliphatic heterocycles. The molecule has 0 aliphatic carbocycles. The van der Waals surface area contributed by atoms with E-state index in [1.807, 2.05) is 0 Å². The van der Waals surface area contributed by atoms with Crippen LogP contribution in [0.25, 0.3) is 11.3 Å². The van der Waals surface area contributed by atoms with Gasteiger partial charge in [-0.25, -0.2) is 0 Å². The Morgan fingerprint density at radius 2 is 1.89 bits per heavy atom. The molecule has 0 radical (unpaired) electrons. The Kier molecular flexibility index (Phi) is 8.52. The van der Waals surface area contributed by atoms with Crippen molar-refractivity contribution < 1.29 is 36.3 Å². The predicted octanol–water partition coefficient (Wildman–Crippen LogP) is 4.38. The van der Waals surface area contributed by atoms with Gasteiger partial charge in [-0.1, -0.05) is 18.5 Å². The number of carbonyl (C=O) groups excluding carboxylic acids is 2. The second-order valence-electron chi connectivity index (χ2n) is 5.44. The molecule has 0 spiro atoms. The molecule has 28 heavy (non-hydrogen) atoms. The second-order valence-corrected chi connectivity index (χ2v) is 5.84. The summed E-state index contributed by atoms with van der Waals surface area (Å²) in [5.74, 6) is -1.97. The lowest BCUT2D eigenvalue weighted by atomic mass is 10.0. The highest BCUT2D eigenvalue weighted by Gasteiger charge is 2.36. The van der Waals surface area contributed by atoms with Gasteiger partial charge in [0, 0.05) is 30.9 Å². The average molecular weight is 428 g/mol. The number of hydrogen-bond acceptors (Lipinski definition) is 5. The van der Waals surface area contributed by atoms with Crippen LogP contribution in [-0.4, -0.2) is 33.7 Å². The summed E-state index contributed by atoms with van der Waals surface area (Å²) in [6.45, 7) is 0.0218. The summed E-state index contributed by atoms with van der Waals surface area (Å²) in [4.78, 5) is 20.2. The van der Waals surface area contributed by atoms with Crippen LogP contribution < -0.4 is 4.74 Å². The number of aryl methyl sites for hydroxylation is 1. The van der Waals surface area contributed by atoms with Crippen molar-refractivity contribution in [3.05, 3.63) is 29.2 Å². The molecule has 2 aromatic heterocycles. The number of rotatable bonds is 6. The Morgan fingerprint density at radius 3 is 2.39 bits per heavy atom. The van der Waals surface area contributed by atoms with E-state index < -0.39 is 25.1 Å². The van der Waals surface area contributed by atoms with Crippen LogP contribution in [0.15, 0.2) is 18.5 Å². The van der Waals surface area contributed by atoms with Crippen LogP contribution in [0.5, 0.6) is 5.75 Å². The summed E-state index contributed by atoms with van der Waals surface area (Å²) in [5.41, 5.74) is 0.429. The summed E-state index contributed by atoms with van der Waals surface area (Å²) in [6, 6.07) is 1.08. The summed E-state index contributed by atoms with van der Waals surface area (Å²) in [5, 5.41) is 4.19. The zero-order valence-corrected chi connectivity index (χ0v) is 15.4. The molecule has 0 bridgehead atoms. The first-order valence-electron chi connectivity index (χ1n) is 7.76. The van der Waals surface area contributed by atoms with E-state index >= 15 is 0 Å². The van der Waals surface area contributed by atoms with Crippen LogP contribution >= 0.6 is 11.6 Å². The minimum Gasteiger partial charge on any atom is -0.434 e. The van der Waals surface area contributed by atoms with Gasteiger partial charge in [-0.05, 0) is 6.92 Å². The van der Waals surface area contributed by atoms with E-state index in [2.05, 4.69) is 14.8 Å². The van der Waals surface area contributed by atoms with Gasteiger partial charge in [0.2, 0.25) is 0 Å². The molecule has 2 heterocycles. The predicted molar refractivity (Wildman–Crippen MR) is 86.7 cm³/mol. The maximum absolute atomic E-state index is 12.7. The molecule has 0 fully saturated rings. The first-order chi connectivity index (χ1) is 13.0. The third kappa shape index (κ3) is 6.28. The molecule has 0 unspecified atom stereocenters. The highest BCUT2D eigenvalue weighted by atomic mass is 35.5. The summed E-state index contributed by atoms with van der Waals surface area (Å²) in [7, 11) is 0. The van der Waals surface area contributed by atoms with Gasteiger partial charge in [0.1, 0.15) is 5.75 Å². The minimum atomic E-state index is -4.41. The molecule has 0 aliphatic rings. The quantitative estimate of drug-likeness (QED) is 0.640. The Balaban J connectivity index is 0.00000122. The van der Waals surface area contributed by atoms with E-state index in [0.717, 1.165) is 13.0 Å². The van der Waals surface area contributed by atoms with E-state index in [1.54, 1.807) is 6.92 Å². The highest BCUT2D eigenvalue weighted by Crippen LogP contribution is 2.36. The fraction of sp³-hybridized carbons (Fsp3) is 0.438. The van der Waals surface area contributed by atoms with E-state index in [0.29, 0.717) is 12.2 Å². The number of hydrogen-bond donors (Lipinski definition) is 0. The van der Waals surface area contributed by atoms with Crippen molar-refractivity contribution in [2.75, 3.05) is 0 Å². The molecule has 0 aromatic carbocycles. The molecule has 1 atom stereocenters. The average Bonchev–Trinajstić information content (AvgIpc) is 2.95. The Labute approximate surface area is 161 Å². The number of ether oxygens (including phenoxy) is 1. The standard InChI is InChI=1S/C15H15ClF5N3O.CO2/c1-3-24-13(11(16)7-23-24)10-6-22-9(4-8(2)15(19,20)21)5-12(10)25-14(17)18;2-1-3/h5-8,14H,3-4H2,1-2H3;/t8-;/m0./s1. The molecular weight excluding hydrogens is 413 g/mol. The molecule has 0 N–H and O–H groups in total. The molecule has 2 aromatic rings. The van der Waals surface area contributed by atoms with Crippen molar-refractivity contribution in [1.82, 2.24) is 14.8 Å². The Hall–Kier alpha value is -2.52. The van der Waals surface area contributed by atoms with E-state index in [4.69, 9.17) is 21.2 Å². The number of alkyl halides is 5. The number of nitrogens with zero attached hydrogens (tertiary/aromatic N) is 3.